The fourth-order valence-electron chi connectivity index (χ4n) is 4.17. The van der Waals surface area contributed by atoms with Crippen molar-refractivity contribution >= 4 is 12.1 Å². The zero-order valence-electron chi connectivity index (χ0n) is 15.4. The van der Waals surface area contributed by atoms with Crippen LogP contribution in [0.3, 0.4) is 0 Å². The minimum absolute atomic E-state index is 0.0201. The number of allylic oxidation sites excluding steroid dienone is 1. The summed E-state index contributed by atoms with van der Waals surface area (Å²) in [7, 11) is 0. The number of amides is 2. The molecule has 1 aromatic heterocycles. The van der Waals surface area contributed by atoms with Crippen LogP contribution in [0.2, 0.25) is 0 Å². The fraction of sp³-hybridized carbons (Fsp3) is 0.450. The number of likely N-dealkylation sites (tertiary alicyclic amines) is 1. The SMILES string of the molecule is CCn1ncnc1C(C)NC(=O)N1CCC2(C=Cc3ccccc32)CC1. The Morgan fingerprint density at radius 3 is 2.85 bits per heavy atom. The molecule has 0 bridgehead atoms. The van der Waals surface area contributed by atoms with Crippen LogP contribution in [0.15, 0.2) is 36.7 Å². The number of aryl methyl sites for hydroxylation is 1. The van der Waals surface area contributed by atoms with Gasteiger partial charge in [-0.3, -0.25) is 0 Å². The van der Waals surface area contributed by atoms with Crippen LogP contribution in [0, 0.1) is 0 Å². The summed E-state index contributed by atoms with van der Waals surface area (Å²) < 4.78 is 1.82. The summed E-state index contributed by atoms with van der Waals surface area (Å²) in [5.41, 5.74) is 2.82. The Morgan fingerprint density at radius 1 is 1.31 bits per heavy atom. The van der Waals surface area contributed by atoms with Crippen molar-refractivity contribution in [3.63, 3.8) is 0 Å². The van der Waals surface area contributed by atoms with E-state index in [2.05, 4.69) is 51.8 Å². The standard InChI is InChI=1S/C20H25N5O/c1-3-25-18(21-14-22-25)15(2)23-19(26)24-12-10-20(11-13-24)9-8-16-6-4-5-7-17(16)20/h4-9,14-15H,3,10-13H2,1-2H3,(H,23,26). The lowest BCUT2D eigenvalue weighted by Crippen LogP contribution is -2.48. The van der Waals surface area contributed by atoms with Crippen LogP contribution in [0.5, 0.6) is 0 Å². The first-order valence-electron chi connectivity index (χ1n) is 9.35. The van der Waals surface area contributed by atoms with Crippen LogP contribution in [-0.4, -0.2) is 38.8 Å². The number of piperidine rings is 1. The number of aromatic nitrogens is 3. The lowest BCUT2D eigenvalue weighted by Gasteiger charge is -2.39. The number of urea groups is 1. The summed E-state index contributed by atoms with van der Waals surface area (Å²) in [5.74, 6) is 0.794. The molecule has 1 atom stereocenters. The van der Waals surface area contributed by atoms with Crippen LogP contribution >= 0.6 is 0 Å². The molecule has 2 amide bonds. The van der Waals surface area contributed by atoms with Crippen molar-refractivity contribution in [1.82, 2.24) is 25.0 Å². The van der Waals surface area contributed by atoms with Crippen LogP contribution < -0.4 is 5.32 Å². The van der Waals surface area contributed by atoms with Crippen molar-refractivity contribution in [1.29, 1.82) is 0 Å². The second-order valence-electron chi connectivity index (χ2n) is 7.17. The maximum atomic E-state index is 12.7. The lowest BCUT2D eigenvalue weighted by atomic mass is 9.74. The average molecular weight is 351 g/mol. The molecule has 1 aromatic carbocycles. The summed E-state index contributed by atoms with van der Waals surface area (Å²) in [6.45, 7) is 6.24. The van der Waals surface area contributed by atoms with Gasteiger partial charge in [-0.2, -0.15) is 5.10 Å². The summed E-state index contributed by atoms with van der Waals surface area (Å²) >= 11 is 0. The molecule has 1 aliphatic heterocycles. The van der Waals surface area contributed by atoms with Crippen molar-refractivity contribution in [2.45, 2.75) is 44.7 Å². The van der Waals surface area contributed by atoms with Gasteiger partial charge in [-0.05, 0) is 37.8 Å². The second kappa shape index (κ2) is 6.59. The van der Waals surface area contributed by atoms with Gasteiger partial charge in [0.25, 0.3) is 0 Å². The quantitative estimate of drug-likeness (QED) is 0.924. The predicted molar refractivity (Wildman–Crippen MR) is 101 cm³/mol. The van der Waals surface area contributed by atoms with Crippen LogP contribution in [0.4, 0.5) is 4.79 Å². The predicted octanol–water partition coefficient (Wildman–Crippen LogP) is 3.13. The van der Waals surface area contributed by atoms with Gasteiger partial charge in [-0.25, -0.2) is 14.5 Å². The van der Waals surface area contributed by atoms with Gasteiger partial charge in [0.15, 0.2) is 0 Å². The molecule has 2 aliphatic rings. The van der Waals surface area contributed by atoms with Gasteiger partial charge in [-0.1, -0.05) is 36.4 Å². The molecule has 6 heteroatoms. The van der Waals surface area contributed by atoms with Crippen molar-refractivity contribution in [2.24, 2.45) is 0 Å². The van der Waals surface area contributed by atoms with E-state index < -0.39 is 0 Å². The van der Waals surface area contributed by atoms with E-state index >= 15 is 0 Å². The van der Waals surface area contributed by atoms with Crippen molar-refractivity contribution in [3.8, 4) is 0 Å². The second-order valence-corrected chi connectivity index (χ2v) is 7.17. The van der Waals surface area contributed by atoms with E-state index in [-0.39, 0.29) is 17.5 Å². The molecule has 4 rings (SSSR count). The summed E-state index contributed by atoms with van der Waals surface area (Å²) in [6.07, 6.45) is 8.03. The topological polar surface area (TPSA) is 63.1 Å². The monoisotopic (exact) mass is 351 g/mol. The molecule has 1 unspecified atom stereocenters. The van der Waals surface area contributed by atoms with Crippen LogP contribution in [0.1, 0.15) is 49.7 Å². The third-order valence-electron chi connectivity index (χ3n) is 5.69. The molecule has 1 fully saturated rings. The highest BCUT2D eigenvalue weighted by Gasteiger charge is 2.39. The molecule has 2 aromatic rings. The minimum atomic E-state index is -0.159. The normalized spacial score (nSPS) is 18.8. The van der Waals surface area contributed by atoms with E-state index in [0.717, 1.165) is 38.3 Å². The fourth-order valence-corrected chi connectivity index (χ4v) is 4.17. The first-order chi connectivity index (χ1) is 12.6. The van der Waals surface area contributed by atoms with E-state index in [0.29, 0.717) is 0 Å². The number of benzene rings is 1. The number of nitrogens with one attached hydrogen (secondary N) is 1. The minimum Gasteiger partial charge on any atom is -0.328 e. The summed E-state index contributed by atoms with van der Waals surface area (Å²) in [5, 5.41) is 7.25. The van der Waals surface area contributed by atoms with E-state index in [9.17, 15) is 4.79 Å². The Morgan fingerprint density at radius 2 is 2.08 bits per heavy atom. The number of hydrogen-bond donors (Lipinski definition) is 1. The third kappa shape index (κ3) is 2.79. The maximum absolute atomic E-state index is 12.7. The highest BCUT2D eigenvalue weighted by atomic mass is 16.2. The van der Waals surface area contributed by atoms with Gasteiger partial charge in [0.2, 0.25) is 0 Å². The molecule has 0 radical (unpaired) electrons. The van der Waals surface area contributed by atoms with Crippen LogP contribution in [-0.2, 0) is 12.0 Å². The Kier molecular flexibility index (Phi) is 4.26. The molecule has 26 heavy (non-hydrogen) atoms. The van der Waals surface area contributed by atoms with Crippen LogP contribution in [0.25, 0.3) is 6.08 Å². The Labute approximate surface area is 153 Å². The molecular formula is C20H25N5O. The number of fused-ring (bicyclic) bond motifs is 2. The molecule has 2 heterocycles. The molecule has 1 saturated heterocycles. The summed E-state index contributed by atoms with van der Waals surface area (Å²) in [6, 6.07) is 8.41. The zero-order chi connectivity index (χ0) is 18.1. The van der Waals surface area contributed by atoms with Gasteiger partial charge >= 0.3 is 6.03 Å². The number of carbonyl (C=O) groups is 1. The number of nitrogens with zero attached hydrogens (tertiary/aromatic N) is 4. The number of hydrogen-bond acceptors (Lipinski definition) is 3. The maximum Gasteiger partial charge on any atom is 0.317 e. The van der Waals surface area contributed by atoms with Gasteiger partial charge in [0.1, 0.15) is 12.2 Å². The Bertz CT molecular complexity index is 832. The molecule has 136 valence electrons. The molecule has 1 spiro atoms. The van der Waals surface area contributed by atoms with Crippen molar-refractivity contribution in [3.05, 3.63) is 53.6 Å². The largest absolute Gasteiger partial charge is 0.328 e. The van der Waals surface area contributed by atoms with E-state index in [4.69, 9.17) is 0 Å². The Balaban J connectivity index is 1.39. The number of carbonyl (C=O) groups excluding carboxylic acids is 1. The zero-order valence-corrected chi connectivity index (χ0v) is 15.4. The van der Waals surface area contributed by atoms with Gasteiger partial charge in [-0.15, -0.1) is 0 Å². The smallest absolute Gasteiger partial charge is 0.317 e. The van der Waals surface area contributed by atoms with Gasteiger partial charge in [0, 0.05) is 25.0 Å². The van der Waals surface area contributed by atoms with Crippen molar-refractivity contribution < 1.29 is 4.79 Å². The Hall–Kier alpha value is -2.63. The molecule has 1 N–H and O–H groups in total. The van der Waals surface area contributed by atoms with Crippen molar-refractivity contribution in [2.75, 3.05) is 13.1 Å². The first-order valence-corrected chi connectivity index (χ1v) is 9.35. The average Bonchev–Trinajstić information content (AvgIpc) is 3.28. The van der Waals surface area contributed by atoms with E-state index in [1.165, 1.54) is 17.5 Å². The third-order valence-corrected chi connectivity index (χ3v) is 5.69. The molecule has 6 nitrogen and oxygen atoms in total. The lowest BCUT2D eigenvalue weighted by molar-refractivity contribution is 0.167. The highest BCUT2D eigenvalue weighted by Crippen LogP contribution is 2.43. The van der Waals surface area contributed by atoms with Gasteiger partial charge in [0.05, 0.1) is 6.04 Å². The van der Waals surface area contributed by atoms with Gasteiger partial charge < -0.3 is 10.2 Å². The highest BCUT2D eigenvalue weighted by molar-refractivity contribution is 5.75. The summed E-state index contributed by atoms with van der Waals surface area (Å²) in [4.78, 5) is 18.9. The van der Waals surface area contributed by atoms with E-state index in [1.54, 1.807) is 0 Å². The van der Waals surface area contributed by atoms with E-state index in [1.807, 2.05) is 23.4 Å². The molecular weight excluding hydrogens is 326 g/mol. The molecule has 0 saturated carbocycles. The number of rotatable bonds is 3. The molecule has 1 aliphatic carbocycles. The first kappa shape index (κ1) is 16.8.